The SMILES string of the molecule is COc1cc(CNC(C)c2ccco2)ccc1O. The van der Waals surface area contributed by atoms with E-state index in [0.29, 0.717) is 12.3 Å². The number of hydrogen-bond donors (Lipinski definition) is 2. The van der Waals surface area contributed by atoms with E-state index < -0.39 is 0 Å². The Morgan fingerprint density at radius 3 is 2.89 bits per heavy atom. The first kappa shape index (κ1) is 12.5. The van der Waals surface area contributed by atoms with E-state index in [1.165, 1.54) is 7.11 Å². The molecule has 1 aromatic heterocycles. The van der Waals surface area contributed by atoms with Gasteiger partial charge in [0, 0.05) is 6.54 Å². The molecule has 1 atom stereocenters. The summed E-state index contributed by atoms with van der Waals surface area (Å²) in [7, 11) is 1.54. The quantitative estimate of drug-likeness (QED) is 0.853. The molecule has 96 valence electrons. The van der Waals surface area contributed by atoms with Crippen molar-refractivity contribution in [1.82, 2.24) is 5.32 Å². The summed E-state index contributed by atoms with van der Waals surface area (Å²) < 4.78 is 10.4. The number of furan rings is 1. The second-order valence-electron chi connectivity index (χ2n) is 4.12. The van der Waals surface area contributed by atoms with Gasteiger partial charge >= 0.3 is 0 Å². The van der Waals surface area contributed by atoms with Crippen LogP contribution in [0.2, 0.25) is 0 Å². The molecule has 0 bridgehead atoms. The Balaban J connectivity index is 1.98. The van der Waals surface area contributed by atoms with Crippen LogP contribution in [0.25, 0.3) is 0 Å². The van der Waals surface area contributed by atoms with Crippen LogP contribution in [0.5, 0.6) is 11.5 Å². The number of nitrogens with one attached hydrogen (secondary N) is 1. The fraction of sp³-hybridized carbons (Fsp3) is 0.286. The van der Waals surface area contributed by atoms with E-state index in [1.54, 1.807) is 12.3 Å². The van der Waals surface area contributed by atoms with Crippen molar-refractivity contribution < 1.29 is 14.3 Å². The summed E-state index contributed by atoms with van der Waals surface area (Å²) in [6.45, 7) is 2.72. The van der Waals surface area contributed by atoms with Gasteiger partial charge in [0.25, 0.3) is 0 Å². The average Bonchev–Trinajstić information content (AvgIpc) is 2.91. The van der Waals surface area contributed by atoms with E-state index in [-0.39, 0.29) is 11.8 Å². The smallest absolute Gasteiger partial charge is 0.160 e. The predicted octanol–water partition coefficient (Wildman–Crippen LogP) is 2.84. The van der Waals surface area contributed by atoms with Gasteiger partial charge in [-0.3, -0.25) is 0 Å². The van der Waals surface area contributed by atoms with E-state index in [9.17, 15) is 5.11 Å². The van der Waals surface area contributed by atoms with Gasteiger partial charge < -0.3 is 19.6 Å². The van der Waals surface area contributed by atoms with Crippen molar-refractivity contribution in [2.24, 2.45) is 0 Å². The Kier molecular flexibility index (Phi) is 3.89. The molecule has 18 heavy (non-hydrogen) atoms. The highest BCUT2D eigenvalue weighted by Crippen LogP contribution is 2.26. The minimum Gasteiger partial charge on any atom is -0.504 e. The first-order chi connectivity index (χ1) is 8.70. The zero-order chi connectivity index (χ0) is 13.0. The molecule has 2 N–H and O–H groups in total. The summed E-state index contributed by atoms with van der Waals surface area (Å²) in [6, 6.07) is 9.26. The first-order valence-electron chi connectivity index (χ1n) is 5.83. The van der Waals surface area contributed by atoms with Crippen molar-refractivity contribution in [3.8, 4) is 11.5 Å². The van der Waals surface area contributed by atoms with Gasteiger partial charge in [0.05, 0.1) is 19.4 Å². The van der Waals surface area contributed by atoms with Gasteiger partial charge in [-0.2, -0.15) is 0 Å². The highest BCUT2D eigenvalue weighted by atomic mass is 16.5. The van der Waals surface area contributed by atoms with Crippen LogP contribution in [0.3, 0.4) is 0 Å². The molecule has 4 nitrogen and oxygen atoms in total. The molecule has 0 saturated carbocycles. The van der Waals surface area contributed by atoms with Crippen molar-refractivity contribution in [3.63, 3.8) is 0 Å². The van der Waals surface area contributed by atoms with Crippen LogP contribution in [0.4, 0.5) is 0 Å². The van der Waals surface area contributed by atoms with Crippen LogP contribution in [0.15, 0.2) is 41.0 Å². The predicted molar refractivity (Wildman–Crippen MR) is 68.6 cm³/mol. The van der Waals surface area contributed by atoms with Crippen LogP contribution in [0, 0.1) is 0 Å². The van der Waals surface area contributed by atoms with Gasteiger partial charge in [-0.15, -0.1) is 0 Å². The number of rotatable bonds is 5. The molecule has 0 amide bonds. The maximum atomic E-state index is 9.50. The zero-order valence-electron chi connectivity index (χ0n) is 10.5. The summed E-state index contributed by atoms with van der Waals surface area (Å²) in [5.41, 5.74) is 1.04. The summed E-state index contributed by atoms with van der Waals surface area (Å²) in [4.78, 5) is 0. The number of hydrogen-bond acceptors (Lipinski definition) is 4. The van der Waals surface area contributed by atoms with Crippen molar-refractivity contribution in [2.75, 3.05) is 7.11 Å². The maximum absolute atomic E-state index is 9.50. The number of benzene rings is 1. The third-order valence-electron chi connectivity index (χ3n) is 2.83. The third-order valence-corrected chi connectivity index (χ3v) is 2.83. The molecular formula is C14H17NO3. The zero-order valence-corrected chi connectivity index (χ0v) is 10.5. The monoisotopic (exact) mass is 247 g/mol. The van der Waals surface area contributed by atoms with E-state index >= 15 is 0 Å². The molecule has 0 aliphatic carbocycles. The minimum absolute atomic E-state index is 0.139. The highest BCUT2D eigenvalue weighted by molar-refractivity contribution is 5.41. The lowest BCUT2D eigenvalue weighted by molar-refractivity contribution is 0.372. The average molecular weight is 247 g/mol. The number of phenols is 1. The molecule has 2 rings (SSSR count). The highest BCUT2D eigenvalue weighted by Gasteiger charge is 2.08. The third kappa shape index (κ3) is 2.84. The Morgan fingerprint density at radius 2 is 2.22 bits per heavy atom. The normalized spacial score (nSPS) is 12.3. The van der Waals surface area contributed by atoms with Gasteiger partial charge in [-0.1, -0.05) is 6.07 Å². The summed E-state index contributed by atoms with van der Waals surface area (Å²) in [6.07, 6.45) is 1.66. The molecule has 0 radical (unpaired) electrons. The molecule has 0 aliphatic rings. The molecule has 1 aromatic carbocycles. The van der Waals surface area contributed by atoms with Crippen molar-refractivity contribution >= 4 is 0 Å². The fourth-order valence-corrected chi connectivity index (χ4v) is 1.74. The second-order valence-corrected chi connectivity index (χ2v) is 4.12. The number of phenolic OH excluding ortho intramolecular Hbond substituents is 1. The van der Waals surface area contributed by atoms with Crippen LogP contribution >= 0.6 is 0 Å². The maximum Gasteiger partial charge on any atom is 0.160 e. The van der Waals surface area contributed by atoms with Crippen molar-refractivity contribution in [3.05, 3.63) is 47.9 Å². The number of ether oxygens (including phenoxy) is 1. The summed E-state index contributed by atoms with van der Waals surface area (Å²) in [5, 5.41) is 12.8. The Morgan fingerprint density at radius 1 is 1.39 bits per heavy atom. The van der Waals surface area contributed by atoms with Crippen LogP contribution in [-0.2, 0) is 6.54 Å². The standard InChI is InChI=1S/C14H17NO3/c1-10(13-4-3-7-18-13)15-9-11-5-6-12(16)14(8-11)17-2/h3-8,10,15-16H,9H2,1-2H3. The Bertz CT molecular complexity index is 494. The van der Waals surface area contributed by atoms with Crippen LogP contribution in [-0.4, -0.2) is 12.2 Å². The van der Waals surface area contributed by atoms with Crippen LogP contribution < -0.4 is 10.1 Å². The lowest BCUT2D eigenvalue weighted by Crippen LogP contribution is -2.17. The molecular weight excluding hydrogens is 230 g/mol. The topological polar surface area (TPSA) is 54.6 Å². The summed E-state index contributed by atoms with van der Waals surface area (Å²) in [5.74, 6) is 1.54. The number of methoxy groups -OCH3 is 1. The van der Waals surface area contributed by atoms with Crippen molar-refractivity contribution in [2.45, 2.75) is 19.5 Å². The Labute approximate surface area is 106 Å². The molecule has 0 saturated heterocycles. The molecule has 4 heteroatoms. The van der Waals surface area contributed by atoms with Gasteiger partial charge in [0.1, 0.15) is 5.76 Å². The fourth-order valence-electron chi connectivity index (χ4n) is 1.74. The van der Waals surface area contributed by atoms with Gasteiger partial charge in [0.15, 0.2) is 11.5 Å². The van der Waals surface area contributed by atoms with E-state index in [0.717, 1.165) is 11.3 Å². The van der Waals surface area contributed by atoms with Crippen molar-refractivity contribution in [1.29, 1.82) is 0 Å². The van der Waals surface area contributed by atoms with Crippen LogP contribution in [0.1, 0.15) is 24.3 Å². The molecule has 0 aliphatic heterocycles. The van der Waals surface area contributed by atoms with E-state index in [1.807, 2.05) is 31.2 Å². The molecule has 1 heterocycles. The Hall–Kier alpha value is -1.94. The molecule has 0 spiro atoms. The largest absolute Gasteiger partial charge is 0.504 e. The number of aromatic hydroxyl groups is 1. The lowest BCUT2D eigenvalue weighted by Gasteiger charge is -2.12. The lowest BCUT2D eigenvalue weighted by atomic mass is 10.2. The first-order valence-corrected chi connectivity index (χ1v) is 5.83. The molecule has 1 unspecified atom stereocenters. The second kappa shape index (κ2) is 5.60. The van der Waals surface area contributed by atoms with Gasteiger partial charge in [-0.05, 0) is 36.8 Å². The van der Waals surface area contributed by atoms with Gasteiger partial charge in [0.2, 0.25) is 0 Å². The van der Waals surface area contributed by atoms with E-state index in [4.69, 9.17) is 9.15 Å². The van der Waals surface area contributed by atoms with E-state index in [2.05, 4.69) is 5.32 Å². The molecule has 0 fully saturated rings. The van der Waals surface area contributed by atoms with Gasteiger partial charge in [-0.25, -0.2) is 0 Å². The minimum atomic E-state index is 0.139. The molecule has 2 aromatic rings. The summed E-state index contributed by atoms with van der Waals surface area (Å²) >= 11 is 0.